The van der Waals surface area contributed by atoms with Gasteiger partial charge < -0.3 is 19.8 Å². The maximum atomic E-state index is 13.0. The van der Waals surface area contributed by atoms with Crippen LogP contribution in [0.2, 0.25) is 0 Å². The summed E-state index contributed by atoms with van der Waals surface area (Å²) in [5, 5.41) is 21.4. The Bertz CT molecular complexity index is 1010. The molecule has 7 nitrogen and oxygen atoms in total. The topological polar surface area (TPSA) is 90.3 Å². The molecule has 162 valence electrons. The molecule has 2 aromatic rings. The highest BCUT2D eigenvalue weighted by Gasteiger charge is 2.46. The Kier molecular flexibility index (Phi) is 6.06. The van der Waals surface area contributed by atoms with Crippen LogP contribution < -0.4 is 0 Å². The second-order valence-electron chi connectivity index (χ2n) is 7.88. The number of Topliss-reactive ketones (excluding diaryl/α,β-unsaturated/α-hetero) is 1. The first-order valence-corrected chi connectivity index (χ1v) is 10.4. The number of hydrogen-bond acceptors (Lipinski definition) is 6. The molecule has 2 N–H and O–H groups in total. The molecule has 1 unspecified atom stereocenters. The minimum atomic E-state index is -0.741. The molecular weight excluding hydrogens is 396 g/mol. The number of nitrogens with zero attached hydrogens (tertiary/aromatic N) is 2. The molecule has 2 aliphatic rings. The number of carbonyl (C=O) groups is 2. The van der Waals surface area contributed by atoms with Crippen LogP contribution in [0.15, 0.2) is 54.1 Å². The van der Waals surface area contributed by atoms with Crippen molar-refractivity contribution in [3.8, 4) is 5.75 Å². The van der Waals surface area contributed by atoms with Crippen LogP contribution in [0, 0.1) is 6.92 Å². The number of amides is 1. The largest absolute Gasteiger partial charge is 0.507 e. The van der Waals surface area contributed by atoms with Crippen molar-refractivity contribution >= 4 is 17.4 Å². The van der Waals surface area contributed by atoms with Crippen molar-refractivity contribution in [3.63, 3.8) is 0 Å². The van der Waals surface area contributed by atoms with E-state index in [0.717, 1.165) is 24.2 Å². The molecule has 2 saturated heterocycles. The van der Waals surface area contributed by atoms with E-state index in [1.54, 1.807) is 12.1 Å². The van der Waals surface area contributed by atoms with Gasteiger partial charge in [-0.2, -0.15) is 0 Å². The highest BCUT2D eigenvalue weighted by atomic mass is 16.5. The number of hydrogen-bond donors (Lipinski definition) is 2. The summed E-state index contributed by atoms with van der Waals surface area (Å²) in [5.74, 6) is -1.89. The molecule has 0 saturated carbocycles. The predicted molar refractivity (Wildman–Crippen MR) is 116 cm³/mol. The number of aryl methyl sites for hydroxylation is 1. The molecule has 2 heterocycles. The van der Waals surface area contributed by atoms with Gasteiger partial charge in [-0.15, -0.1) is 0 Å². The number of morpholine rings is 1. The Hall–Kier alpha value is -3.16. The summed E-state index contributed by atoms with van der Waals surface area (Å²) < 4.78 is 5.38. The third kappa shape index (κ3) is 4.19. The lowest BCUT2D eigenvalue weighted by Gasteiger charge is -2.31. The number of aromatic hydroxyl groups is 1. The average molecular weight is 422 g/mol. The van der Waals surface area contributed by atoms with Crippen LogP contribution in [0.5, 0.6) is 5.75 Å². The Morgan fingerprint density at radius 3 is 2.48 bits per heavy atom. The average Bonchev–Trinajstić information content (AvgIpc) is 3.05. The van der Waals surface area contributed by atoms with Gasteiger partial charge in [-0.25, -0.2) is 0 Å². The van der Waals surface area contributed by atoms with Gasteiger partial charge in [0.15, 0.2) is 0 Å². The first-order chi connectivity index (χ1) is 15.0. The molecule has 0 spiro atoms. The molecule has 1 atom stereocenters. The predicted octanol–water partition coefficient (Wildman–Crippen LogP) is 2.45. The normalized spacial score (nSPS) is 21.6. The molecule has 4 rings (SSSR count). The fourth-order valence-corrected chi connectivity index (χ4v) is 4.15. The highest BCUT2D eigenvalue weighted by Crippen LogP contribution is 2.40. The van der Waals surface area contributed by atoms with Crippen LogP contribution >= 0.6 is 0 Å². The maximum absolute atomic E-state index is 13.0. The summed E-state index contributed by atoms with van der Waals surface area (Å²) in [7, 11) is 0. The summed E-state index contributed by atoms with van der Waals surface area (Å²) in [6.45, 7) is 5.62. The molecule has 2 aliphatic heterocycles. The van der Waals surface area contributed by atoms with Gasteiger partial charge in [-0.05, 0) is 24.6 Å². The van der Waals surface area contributed by atoms with Gasteiger partial charge in [0.05, 0.1) is 30.4 Å². The zero-order chi connectivity index (χ0) is 22.0. The number of aliphatic hydroxyl groups is 1. The Labute approximate surface area is 181 Å². The monoisotopic (exact) mass is 422 g/mol. The molecule has 0 radical (unpaired) electrons. The number of phenols is 1. The number of likely N-dealkylation sites (tertiary alicyclic amines) is 1. The SMILES string of the molecule is Cc1ccc(O)c(/C(O)=C2\C(=O)C(=O)N(CCN3CCOCC3)C2c2ccccc2)c1. The second-order valence-corrected chi connectivity index (χ2v) is 7.88. The van der Waals surface area contributed by atoms with Gasteiger partial charge in [0.1, 0.15) is 11.5 Å². The lowest BCUT2D eigenvalue weighted by molar-refractivity contribution is -0.140. The smallest absolute Gasteiger partial charge is 0.295 e. The Balaban J connectivity index is 1.75. The number of phenolic OH excluding ortho intramolecular Hbond substituents is 1. The molecule has 31 heavy (non-hydrogen) atoms. The van der Waals surface area contributed by atoms with Gasteiger partial charge in [0, 0.05) is 26.2 Å². The van der Waals surface area contributed by atoms with Gasteiger partial charge in [-0.3, -0.25) is 14.5 Å². The van der Waals surface area contributed by atoms with E-state index >= 15 is 0 Å². The van der Waals surface area contributed by atoms with E-state index in [1.807, 2.05) is 37.3 Å². The van der Waals surface area contributed by atoms with Crippen LogP contribution in [-0.4, -0.2) is 71.1 Å². The van der Waals surface area contributed by atoms with E-state index in [-0.39, 0.29) is 22.6 Å². The highest BCUT2D eigenvalue weighted by molar-refractivity contribution is 6.46. The van der Waals surface area contributed by atoms with E-state index in [0.29, 0.717) is 26.3 Å². The number of ketones is 1. The van der Waals surface area contributed by atoms with E-state index in [4.69, 9.17) is 4.74 Å². The van der Waals surface area contributed by atoms with Crippen molar-refractivity contribution in [1.29, 1.82) is 0 Å². The second kappa shape index (κ2) is 8.91. The molecule has 0 aromatic heterocycles. The van der Waals surface area contributed by atoms with Crippen molar-refractivity contribution in [1.82, 2.24) is 9.80 Å². The van der Waals surface area contributed by atoms with E-state index in [1.165, 1.54) is 11.0 Å². The van der Waals surface area contributed by atoms with Crippen LogP contribution in [0.4, 0.5) is 0 Å². The minimum absolute atomic E-state index is 0.000854. The summed E-state index contributed by atoms with van der Waals surface area (Å²) in [6.07, 6.45) is 0. The number of rotatable bonds is 5. The van der Waals surface area contributed by atoms with E-state index < -0.39 is 17.7 Å². The number of carbonyl (C=O) groups excluding carboxylic acids is 2. The maximum Gasteiger partial charge on any atom is 0.295 e. The summed E-state index contributed by atoms with van der Waals surface area (Å²) in [6, 6.07) is 13.3. The number of benzene rings is 2. The summed E-state index contributed by atoms with van der Waals surface area (Å²) >= 11 is 0. The van der Waals surface area contributed by atoms with E-state index in [9.17, 15) is 19.8 Å². The molecule has 7 heteroatoms. The summed E-state index contributed by atoms with van der Waals surface area (Å²) in [5.41, 5.74) is 1.70. The molecule has 2 fully saturated rings. The quantitative estimate of drug-likeness (QED) is 0.437. The summed E-state index contributed by atoms with van der Waals surface area (Å²) in [4.78, 5) is 29.7. The molecule has 0 bridgehead atoms. The van der Waals surface area contributed by atoms with Crippen molar-refractivity contribution < 1.29 is 24.5 Å². The van der Waals surface area contributed by atoms with Crippen molar-refractivity contribution in [2.75, 3.05) is 39.4 Å². The first-order valence-electron chi connectivity index (χ1n) is 10.4. The van der Waals surface area contributed by atoms with Crippen molar-refractivity contribution in [3.05, 3.63) is 70.8 Å². The zero-order valence-corrected chi connectivity index (χ0v) is 17.5. The molecule has 2 aromatic carbocycles. The standard InChI is InChI=1S/C24H26N2O5/c1-16-7-8-19(27)18(15-16)22(28)20-21(17-5-3-2-4-6-17)26(24(30)23(20)29)10-9-25-11-13-31-14-12-25/h2-8,15,21,27-28H,9-14H2,1H3/b22-20+. The molecule has 0 aliphatic carbocycles. The fraction of sp³-hybridized carbons (Fsp3) is 0.333. The third-order valence-corrected chi connectivity index (χ3v) is 5.82. The van der Waals surface area contributed by atoms with Gasteiger partial charge >= 0.3 is 0 Å². The van der Waals surface area contributed by atoms with Crippen LogP contribution in [0.3, 0.4) is 0 Å². The fourth-order valence-electron chi connectivity index (χ4n) is 4.15. The molecule has 1 amide bonds. The first kappa shape index (κ1) is 21.1. The number of ether oxygens (including phenoxy) is 1. The third-order valence-electron chi connectivity index (χ3n) is 5.82. The molecular formula is C24H26N2O5. The van der Waals surface area contributed by atoms with E-state index in [2.05, 4.69) is 4.90 Å². The number of aliphatic hydroxyl groups excluding tert-OH is 1. The van der Waals surface area contributed by atoms with Gasteiger partial charge in [0.2, 0.25) is 0 Å². The lowest BCUT2D eigenvalue weighted by Crippen LogP contribution is -2.42. The van der Waals surface area contributed by atoms with Crippen LogP contribution in [0.1, 0.15) is 22.7 Å². The van der Waals surface area contributed by atoms with Crippen LogP contribution in [0.25, 0.3) is 5.76 Å². The van der Waals surface area contributed by atoms with Gasteiger partial charge in [0.25, 0.3) is 11.7 Å². The lowest BCUT2D eigenvalue weighted by atomic mass is 9.94. The Morgan fingerprint density at radius 1 is 1.06 bits per heavy atom. The van der Waals surface area contributed by atoms with Crippen molar-refractivity contribution in [2.45, 2.75) is 13.0 Å². The zero-order valence-electron chi connectivity index (χ0n) is 17.5. The minimum Gasteiger partial charge on any atom is -0.507 e. The van der Waals surface area contributed by atoms with Crippen molar-refractivity contribution in [2.24, 2.45) is 0 Å². The van der Waals surface area contributed by atoms with Crippen LogP contribution in [-0.2, 0) is 14.3 Å². The van der Waals surface area contributed by atoms with Gasteiger partial charge in [-0.1, -0.05) is 42.0 Å². The Morgan fingerprint density at radius 2 is 1.77 bits per heavy atom.